The van der Waals surface area contributed by atoms with Gasteiger partial charge in [0.15, 0.2) is 0 Å². The Kier molecular flexibility index (Phi) is 6.22. The number of likely N-dealkylation sites (tertiary alicyclic amines) is 1. The minimum atomic E-state index is -3.69. The first-order valence-corrected chi connectivity index (χ1v) is 11.1. The molecule has 0 bridgehead atoms. The third-order valence-corrected chi connectivity index (χ3v) is 6.08. The van der Waals surface area contributed by atoms with Crippen LogP contribution in [0, 0.1) is 0 Å². The maximum atomic E-state index is 12.9. The van der Waals surface area contributed by atoms with E-state index in [1.807, 2.05) is 13.8 Å². The molecule has 1 aliphatic heterocycles. The molecule has 29 heavy (non-hydrogen) atoms. The lowest BCUT2D eigenvalue weighted by Crippen LogP contribution is -2.47. The number of nitrogens with zero attached hydrogens (tertiary/aromatic N) is 1. The second-order valence-electron chi connectivity index (χ2n) is 7.32. The number of benzene rings is 2. The third-order valence-electron chi connectivity index (χ3n) is 4.68. The molecule has 2 aromatic rings. The van der Waals surface area contributed by atoms with Gasteiger partial charge in [0, 0.05) is 23.8 Å². The highest BCUT2D eigenvalue weighted by molar-refractivity contribution is 7.92. The average Bonchev–Trinajstić information content (AvgIpc) is 3.18. The first kappa shape index (κ1) is 20.9. The molecule has 1 heterocycles. The summed E-state index contributed by atoms with van der Waals surface area (Å²) in [7, 11) is -3.69. The molecule has 2 aromatic carbocycles. The molecule has 7 nitrogen and oxygen atoms in total. The minimum absolute atomic E-state index is 0.0111. The van der Waals surface area contributed by atoms with Gasteiger partial charge in [-0.2, -0.15) is 0 Å². The highest BCUT2D eigenvalue weighted by Crippen LogP contribution is 2.22. The second-order valence-corrected chi connectivity index (χ2v) is 9.00. The van der Waals surface area contributed by atoms with Crippen LogP contribution in [0.4, 0.5) is 5.69 Å². The van der Waals surface area contributed by atoms with Gasteiger partial charge in [-0.3, -0.25) is 14.3 Å². The smallest absolute Gasteiger partial charge is 0.261 e. The lowest BCUT2D eigenvalue weighted by molar-refractivity contribution is -0.125. The minimum Gasteiger partial charge on any atom is -0.352 e. The number of nitrogens with one attached hydrogen (secondary N) is 2. The van der Waals surface area contributed by atoms with E-state index in [0.29, 0.717) is 24.2 Å². The largest absolute Gasteiger partial charge is 0.352 e. The molecule has 1 atom stereocenters. The number of carbonyl (C=O) groups excluding carboxylic acids is 2. The summed E-state index contributed by atoms with van der Waals surface area (Å²) in [6.45, 7) is 4.29. The molecule has 3 rings (SSSR count). The van der Waals surface area contributed by atoms with Crippen LogP contribution in [0.15, 0.2) is 59.5 Å². The Morgan fingerprint density at radius 1 is 1.03 bits per heavy atom. The fourth-order valence-electron chi connectivity index (χ4n) is 3.32. The van der Waals surface area contributed by atoms with Gasteiger partial charge in [-0.05, 0) is 63.1 Å². The maximum absolute atomic E-state index is 12.9. The van der Waals surface area contributed by atoms with E-state index in [4.69, 9.17) is 0 Å². The number of rotatable bonds is 6. The van der Waals surface area contributed by atoms with Gasteiger partial charge in [-0.25, -0.2) is 8.42 Å². The van der Waals surface area contributed by atoms with E-state index >= 15 is 0 Å². The van der Waals surface area contributed by atoms with Crippen LogP contribution in [0.2, 0.25) is 0 Å². The van der Waals surface area contributed by atoms with Crippen LogP contribution in [0.3, 0.4) is 0 Å². The molecular weight excluding hydrogens is 390 g/mol. The van der Waals surface area contributed by atoms with Gasteiger partial charge in [0.25, 0.3) is 15.9 Å². The SMILES string of the molecule is CC(C)NC(=O)C1CCCN1C(=O)c1ccc(NS(=O)(=O)c2ccccc2)cc1. The van der Waals surface area contributed by atoms with Gasteiger partial charge in [0.05, 0.1) is 4.90 Å². The number of amides is 2. The Labute approximate surface area is 171 Å². The highest BCUT2D eigenvalue weighted by atomic mass is 32.2. The summed E-state index contributed by atoms with van der Waals surface area (Å²) in [6.07, 6.45) is 1.41. The van der Waals surface area contributed by atoms with Crippen LogP contribution >= 0.6 is 0 Å². The molecule has 154 valence electrons. The van der Waals surface area contributed by atoms with Crippen molar-refractivity contribution < 1.29 is 18.0 Å². The van der Waals surface area contributed by atoms with Crippen LogP contribution < -0.4 is 10.0 Å². The number of hydrogen-bond donors (Lipinski definition) is 2. The van der Waals surface area contributed by atoms with Gasteiger partial charge in [0.1, 0.15) is 6.04 Å². The van der Waals surface area contributed by atoms with Gasteiger partial charge < -0.3 is 10.2 Å². The van der Waals surface area contributed by atoms with E-state index in [1.165, 1.54) is 12.1 Å². The number of hydrogen-bond acceptors (Lipinski definition) is 4. The molecular formula is C21H25N3O4S. The van der Waals surface area contributed by atoms with E-state index in [0.717, 1.165) is 6.42 Å². The maximum Gasteiger partial charge on any atom is 0.261 e. The van der Waals surface area contributed by atoms with Gasteiger partial charge >= 0.3 is 0 Å². The average molecular weight is 416 g/mol. The van der Waals surface area contributed by atoms with Crippen LogP contribution in [0.5, 0.6) is 0 Å². The molecule has 2 N–H and O–H groups in total. The molecule has 1 saturated heterocycles. The van der Waals surface area contributed by atoms with Crippen molar-refractivity contribution in [3.63, 3.8) is 0 Å². The van der Waals surface area contributed by atoms with Gasteiger partial charge in [0.2, 0.25) is 5.91 Å². The lowest BCUT2D eigenvalue weighted by atomic mass is 10.1. The molecule has 0 saturated carbocycles. The van der Waals surface area contributed by atoms with E-state index < -0.39 is 16.1 Å². The fourth-order valence-corrected chi connectivity index (χ4v) is 4.40. The van der Waals surface area contributed by atoms with Crippen LogP contribution in [0.1, 0.15) is 37.0 Å². The number of sulfonamides is 1. The van der Waals surface area contributed by atoms with Crippen molar-refractivity contribution in [3.05, 3.63) is 60.2 Å². The highest BCUT2D eigenvalue weighted by Gasteiger charge is 2.34. The topological polar surface area (TPSA) is 95.6 Å². The Balaban J connectivity index is 1.71. The Morgan fingerprint density at radius 2 is 1.69 bits per heavy atom. The monoisotopic (exact) mass is 415 g/mol. The Bertz CT molecular complexity index is 973. The summed E-state index contributed by atoms with van der Waals surface area (Å²) in [4.78, 5) is 27.0. The molecule has 1 aliphatic rings. The molecule has 0 aromatic heterocycles. The van der Waals surface area contributed by atoms with E-state index in [2.05, 4.69) is 10.0 Å². The fraction of sp³-hybridized carbons (Fsp3) is 0.333. The van der Waals surface area contributed by atoms with Crippen molar-refractivity contribution in [2.24, 2.45) is 0 Å². The quantitative estimate of drug-likeness (QED) is 0.758. The zero-order chi connectivity index (χ0) is 21.0. The summed E-state index contributed by atoms with van der Waals surface area (Å²) < 4.78 is 27.3. The Hall–Kier alpha value is -2.87. The summed E-state index contributed by atoms with van der Waals surface area (Å²) in [6, 6.07) is 13.8. The van der Waals surface area contributed by atoms with Crippen LogP contribution in [-0.2, 0) is 14.8 Å². The van der Waals surface area contributed by atoms with Gasteiger partial charge in [-0.15, -0.1) is 0 Å². The number of carbonyl (C=O) groups is 2. The zero-order valence-corrected chi connectivity index (χ0v) is 17.3. The molecule has 0 spiro atoms. The van der Waals surface area contributed by atoms with Crippen molar-refractivity contribution in [2.45, 2.75) is 43.7 Å². The van der Waals surface area contributed by atoms with Crippen molar-refractivity contribution in [1.82, 2.24) is 10.2 Å². The van der Waals surface area contributed by atoms with Crippen LogP contribution in [-0.4, -0.2) is 43.8 Å². The molecule has 1 fully saturated rings. The van der Waals surface area contributed by atoms with Gasteiger partial charge in [-0.1, -0.05) is 18.2 Å². The molecule has 0 aliphatic carbocycles. The molecule has 0 radical (unpaired) electrons. The first-order chi connectivity index (χ1) is 13.8. The standard InChI is InChI=1S/C21H25N3O4S/c1-15(2)22-20(25)19-9-6-14-24(19)21(26)16-10-12-17(13-11-16)23-29(27,28)18-7-4-3-5-8-18/h3-5,7-8,10-13,15,19,23H,6,9,14H2,1-2H3,(H,22,25). The summed E-state index contributed by atoms with van der Waals surface area (Å²) >= 11 is 0. The number of anilines is 1. The van der Waals surface area contributed by atoms with Crippen molar-refractivity contribution in [2.75, 3.05) is 11.3 Å². The first-order valence-electron chi connectivity index (χ1n) is 9.57. The van der Waals surface area contributed by atoms with E-state index in [1.54, 1.807) is 47.4 Å². The predicted molar refractivity (Wildman–Crippen MR) is 111 cm³/mol. The van der Waals surface area contributed by atoms with Crippen LogP contribution in [0.25, 0.3) is 0 Å². The predicted octanol–water partition coefficient (Wildman–Crippen LogP) is 2.62. The van der Waals surface area contributed by atoms with Crippen molar-refractivity contribution in [3.8, 4) is 0 Å². The zero-order valence-electron chi connectivity index (χ0n) is 16.5. The van der Waals surface area contributed by atoms with E-state index in [-0.39, 0.29) is 22.8 Å². The molecule has 2 amide bonds. The normalized spacial score (nSPS) is 16.7. The summed E-state index contributed by atoms with van der Waals surface area (Å²) in [5.41, 5.74) is 0.776. The molecule has 1 unspecified atom stereocenters. The Morgan fingerprint density at radius 3 is 2.31 bits per heavy atom. The summed E-state index contributed by atoms with van der Waals surface area (Å²) in [5, 5.41) is 2.86. The second kappa shape index (κ2) is 8.65. The van der Waals surface area contributed by atoms with Crippen molar-refractivity contribution >= 4 is 27.5 Å². The third kappa shape index (κ3) is 4.95. The molecule has 8 heteroatoms. The van der Waals surface area contributed by atoms with Crippen molar-refractivity contribution in [1.29, 1.82) is 0 Å². The van der Waals surface area contributed by atoms with E-state index in [9.17, 15) is 18.0 Å². The lowest BCUT2D eigenvalue weighted by Gasteiger charge is -2.25. The summed E-state index contributed by atoms with van der Waals surface area (Å²) in [5.74, 6) is -0.373.